The van der Waals surface area contributed by atoms with E-state index in [1.807, 2.05) is 62.4 Å². The summed E-state index contributed by atoms with van der Waals surface area (Å²) < 4.78 is 5.79. The van der Waals surface area contributed by atoms with Crippen molar-refractivity contribution >= 4 is 11.7 Å². The minimum atomic E-state index is -0.293. The molecule has 3 rings (SSSR count). The molecule has 1 amide bonds. The maximum atomic E-state index is 12.5. The summed E-state index contributed by atoms with van der Waals surface area (Å²) >= 11 is 0. The van der Waals surface area contributed by atoms with Crippen molar-refractivity contribution in [3.05, 3.63) is 94.7 Å². The van der Waals surface area contributed by atoms with E-state index in [1.54, 1.807) is 4.90 Å². The van der Waals surface area contributed by atoms with Crippen LogP contribution in [0.1, 0.15) is 38.3 Å². The normalized spacial score (nSPS) is 16.5. The lowest BCUT2D eigenvalue weighted by molar-refractivity contribution is 0.143. The number of rotatable bonds is 6. The Morgan fingerprint density at radius 2 is 1.75 bits per heavy atom. The van der Waals surface area contributed by atoms with E-state index in [2.05, 4.69) is 30.9 Å². The van der Waals surface area contributed by atoms with Gasteiger partial charge in [-0.25, -0.2) is 4.79 Å². The van der Waals surface area contributed by atoms with Crippen LogP contribution in [-0.2, 0) is 11.3 Å². The van der Waals surface area contributed by atoms with E-state index in [4.69, 9.17) is 4.74 Å². The van der Waals surface area contributed by atoms with Gasteiger partial charge in [-0.1, -0.05) is 73.7 Å². The number of allylic oxidation sites excluding steroid dienone is 1. The van der Waals surface area contributed by atoms with Gasteiger partial charge in [0.25, 0.3) is 0 Å². The van der Waals surface area contributed by atoms with E-state index in [0.29, 0.717) is 13.1 Å². The van der Waals surface area contributed by atoms with E-state index in [9.17, 15) is 4.79 Å². The van der Waals surface area contributed by atoms with Crippen molar-refractivity contribution in [3.63, 3.8) is 0 Å². The van der Waals surface area contributed by atoms with Crippen molar-refractivity contribution in [3.8, 4) is 0 Å². The maximum absolute atomic E-state index is 12.5. The fourth-order valence-corrected chi connectivity index (χ4v) is 3.38. The highest BCUT2D eigenvalue weighted by Gasteiger charge is 2.34. The summed E-state index contributed by atoms with van der Waals surface area (Å²) in [4.78, 5) is 14.3. The number of ether oxygens (including phenoxy) is 1. The fourth-order valence-electron chi connectivity index (χ4n) is 3.38. The smallest absolute Gasteiger partial charge is 0.410 e. The van der Waals surface area contributed by atoms with Gasteiger partial charge in [0.2, 0.25) is 0 Å². The minimum absolute atomic E-state index is 0.263. The van der Waals surface area contributed by atoms with E-state index < -0.39 is 0 Å². The molecule has 1 saturated heterocycles. The first-order chi connectivity index (χ1) is 13.6. The zero-order valence-corrected chi connectivity index (χ0v) is 16.8. The van der Waals surface area contributed by atoms with Gasteiger partial charge in [0.15, 0.2) is 0 Å². The molecule has 0 saturated carbocycles. The minimum Gasteiger partial charge on any atom is -0.439 e. The van der Waals surface area contributed by atoms with Gasteiger partial charge in [-0.2, -0.15) is 0 Å². The molecule has 0 aliphatic carbocycles. The molecular weight excluding hydrogens is 346 g/mol. The van der Waals surface area contributed by atoms with Crippen LogP contribution in [0.3, 0.4) is 0 Å². The average Bonchev–Trinajstić information content (AvgIpc) is 3.06. The Labute approximate surface area is 167 Å². The first kappa shape index (κ1) is 19.7. The molecule has 0 spiro atoms. The molecular formula is C25H27NO2. The van der Waals surface area contributed by atoms with Crippen molar-refractivity contribution in [2.45, 2.75) is 39.8 Å². The summed E-state index contributed by atoms with van der Waals surface area (Å²) in [6.45, 7) is 7.27. The summed E-state index contributed by atoms with van der Waals surface area (Å²) in [5.74, 6) is 0. The largest absolute Gasteiger partial charge is 0.439 e. The topological polar surface area (TPSA) is 29.5 Å². The third-order valence-electron chi connectivity index (χ3n) is 4.60. The lowest BCUT2D eigenvalue weighted by atomic mass is 9.93. The summed E-state index contributed by atoms with van der Waals surface area (Å²) in [6.07, 6.45) is 2.46. The van der Waals surface area contributed by atoms with Gasteiger partial charge in [0, 0.05) is 17.7 Å². The molecule has 1 atom stereocenters. The molecule has 144 valence electrons. The highest BCUT2D eigenvalue weighted by atomic mass is 16.6. The molecule has 0 aromatic heterocycles. The van der Waals surface area contributed by atoms with Crippen LogP contribution in [0.5, 0.6) is 0 Å². The van der Waals surface area contributed by atoms with Crippen LogP contribution in [0.2, 0.25) is 0 Å². The molecule has 1 fully saturated rings. The Morgan fingerprint density at radius 3 is 2.36 bits per heavy atom. The van der Waals surface area contributed by atoms with E-state index >= 15 is 0 Å². The maximum Gasteiger partial charge on any atom is 0.410 e. The molecule has 28 heavy (non-hydrogen) atoms. The van der Waals surface area contributed by atoms with Gasteiger partial charge in [0.1, 0.15) is 6.10 Å². The molecule has 1 aliphatic heterocycles. The second-order valence-corrected chi connectivity index (χ2v) is 7.17. The third-order valence-corrected chi connectivity index (χ3v) is 4.60. The molecule has 2 aromatic carbocycles. The second kappa shape index (κ2) is 9.25. The van der Waals surface area contributed by atoms with Gasteiger partial charge in [-0.3, -0.25) is 4.90 Å². The van der Waals surface area contributed by atoms with E-state index in [1.165, 1.54) is 0 Å². The van der Waals surface area contributed by atoms with Gasteiger partial charge < -0.3 is 4.74 Å². The van der Waals surface area contributed by atoms with Crippen LogP contribution < -0.4 is 0 Å². The van der Waals surface area contributed by atoms with Crippen LogP contribution >= 0.6 is 0 Å². The molecule has 0 bridgehead atoms. The zero-order chi connectivity index (χ0) is 19.9. The standard InChI is InChI=1S/C25H27NO2/c1-4-11-22(23(16-19(2)3)21-14-9-6-10-15-21)24-18-26(25(27)28-24)17-20-12-7-5-8-13-20/h5-15,24H,4,17-18H2,1-3H3/b22-11-/t24-/m0/s1. The number of cyclic esters (lactones) is 1. The number of carbonyl (C=O) groups is 1. The molecule has 1 heterocycles. The lowest BCUT2D eigenvalue weighted by Crippen LogP contribution is -2.25. The number of carbonyl (C=O) groups excluding carboxylic acids is 1. The third kappa shape index (κ3) is 4.82. The first-order valence-electron chi connectivity index (χ1n) is 9.78. The fraction of sp³-hybridized carbons (Fsp3) is 0.280. The number of hydrogen-bond donors (Lipinski definition) is 0. The molecule has 0 radical (unpaired) electrons. The van der Waals surface area contributed by atoms with E-state index in [-0.39, 0.29) is 12.2 Å². The van der Waals surface area contributed by atoms with Crippen LogP contribution in [0, 0.1) is 0 Å². The molecule has 0 unspecified atom stereocenters. The SMILES string of the molecule is CC/C=C(/C(=C=C(C)C)c1ccccc1)[C@@H]1CN(Cc2ccccc2)C(=O)O1. The monoisotopic (exact) mass is 373 g/mol. The molecule has 3 heteroatoms. The van der Waals surface area contributed by atoms with Gasteiger partial charge in [-0.15, -0.1) is 5.73 Å². The quantitative estimate of drug-likeness (QED) is 0.459. The first-order valence-corrected chi connectivity index (χ1v) is 9.78. The summed E-state index contributed by atoms with van der Waals surface area (Å²) in [7, 11) is 0. The highest BCUT2D eigenvalue weighted by Crippen LogP contribution is 2.31. The zero-order valence-electron chi connectivity index (χ0n) is 16.8. The molecule has 0 N–H and O–H groups in total. The Balaban J connectivity index is 1.91. The number of amides is 1. The van der Waals surface area contributed by atoms with Crippen LogP contribution in [0.4, 0.5) is 4.79 Å². The predicted octanol–water partition coefficient (Wildman–Crippen LogP) is 5.99. The van der Waals surface area contributed by atoms with Crippen molar-refractivity contribution in [1.29, 1.82) is 0 Å². The average molecular weight is 373 g/mol. The molecule has 1 aliphatic rings. The van der Waals surface area contributed by atoms with E-state index in [0.717, 1.165) is 34.3 Å². The van der Waals surface area contributed by atoms with Gasteiger partial charge >= 0.3 is 6.09 Å². The Hall–Kier alpha value is -3.03. The van der Waals surface area contributed by atoms with Crippen molar-refractivity contribution in [1.82, 2.24) is 4.90 Å². The molecule has 3 nitrogen and oxygen atoms in total. The van der Waals surface area contributed by atoms with Crippen LogP contribution in [0.25, 0.3) is 5.57 Å². The van der Waals surface area contributed by atoms with Crippen molar-refractivity contribution in [2.75, 3.05) is 6.54 Å². The predicted molar refractivity (Wildman–Crippen MR) is 114 cm³/mol. The Morgan fingerprint density at radius 1 is 1.11 bits per heavy atom. The van der Waals surface area contributed by atoms with Gasteiger partial charge in [-0.05, 0) is 37.0 Å². The molecule has 2 aromatic rings. The van der Waals surface area contributed by atoms with Crippen molar-refractivity contribution in [2.24, 2.45) is 0 Å². The Kier molecular flexibility index (Phi) is 6.52. The lowest BCUT2D eigenvalue weighted by Gasteiger charge is -2.17. The van der Waals surface area contributed by atoms with Crippen LogP contribution in [-0.4, -0.2) is 23.6 Å². The number of hydrogen-bond acceptors (Lipinski definition) is 2. The van der Waals surface area contributed by atoms with Gasteiger partial charge in [0.05, 0.1) is 6.54 Å². The Bertz CT molecular complexity index is 902. The summed E-state index contributed by atoms with van der Waals surface area (Å²) in [5, 5.41) is 0. The number of nitrogens with zero attached hydrogens (tertiary/aromatic N) is 1. The summed E-state index contributed by atoms with van der Waals surface area (Å²) in [5.41, 5.74) is 8.80. The second-order valence-electron chi connectivity index (χ2n) is 7.17. The highest BCUT2D eigenvalue weighted by molar-refractivity contribution is 5.82. The summed E-state index contributed by atoms with van der Waals surface area (Å²) in [6, 6.07) is 20.2. The van der Waals surface area contributed by atoms with Crippen molar-refractivity contribution < 1.29 is 9.53 Å². The number of benzene rings is 2. The van der Waals surface area contributed by atoms with Crippen LogP contribution in [0.15, 0.2) is 83.6 Å².